The minimum atomic E-state index is 0.183. The molecule has 0 radical (unpaired) electrons. The second-order valence-corrected chi connectivity index (χ2v) is 7.13. The summed E-state index contributed by atoms with van der Waals surface area (Å²) in [6.07, 6.45) is 1.17. The van der Waals surface area contributed by atoms with Gasteiger partial charge in [0.15, 0.2) is 0 Å². The van der Waals surface area contributed by atoms with Crippen molar-refractivity contribution < 1.29 is 0 Å². The normalized spacial score (nSPS) is 14.0. The lowest BCUT2D eigenvalue weighted by atomic mass is 9.94. The Bertz CT molecular complexity index is 593. The topological polar surface area (TPSA) is 12.0 Å². The number of nitrogens with one attached hydrogen (secondary N) is 1. The Morgan fingerprint density at radius 1 is 1.00 bits per heavy atom. The molecule has 0 amide bonds. The zero-order valence-corrected chi connectivity index (χ0v) is 15.8. The summed E-state index contributed by atoms with van der Waals surface area (Å²) in [5.74, 6) is 0.615. The first-order valence-electron chi connectivity index (χ1n) is 7.28. The molecule has 3 heteroatoms. The van der Waals surface area contributed by atoms with Gasteiger partial charge < -0.3 is 5.32 Å². The van der Waals surface area contributed by atoms with Crippen LogP contribution in [0.15, 0.2) is 51.4 Å². The highest BCUT2D eigenvalue weighted by Gasteiger charge is 2.15. The molecule has 0 aliphatic heterocycles. The Hall–Kier alpha value is -0.640. The lowest BCUT2D eigenvalue weighted by Crippen LogP contribution is -2.18. The maximum Gasteiger partial charge on any atom is 0.0585 e. The molecule has 0 heterocycles. The van der Waals surface area contributed by atoms with Gasteiger partial charge in [0.1, 0.15) is 0 Å². The Morgan fingerprint density at radius 2 is 1.62 bits per heavy atom. The van der Waals surface area contributed by atoms with E-state index in [1.54, 1.807) is 0 Å². The van der Waals surface area contributed by atoms with Crippen LogP contribution in [0.25, 0.3) is 0 Å². The lowest BCUT2D eigenvalue weighted by Gasteiger charge is -2.20. The van der Waals surface area contributed by atoms with Gasteiger partial charge in [-0.05, 0) is 54.3 Å². The van der Waals surface area contributed by atoms with Gasteiger partial charge in [0, 0.05) is 8.95 Å². The molecule has 2 unspecified atom stereocenters. The number of halogens is 2. The van der Waals surface area contributed by atoms with Crippen molar-refractivity contribution in [2.45, 2.75) is 32.2 Å². The van der Waals surface area contributed by atoms with Crippen molar-refractivity contribution in [3.05, 3.63) is 68.1 Å². The average molecular weight is 411 g/mol. The van der Waals surface area contributed by atoms with E-state index in [1.807, 2.05) is 13.1 Å². The number of rotatable bonds is 5. The predicted octanol–water partition coefficient (Wildman–Crippen LogP) is 6.03. The maximum atomic E-state index is 3.66. The molecule has 2 atom stereocenters. The monoisotopic (exact) mass is 409 g/mol. The van der Waals surface area contributed by atoms with Gasteiger partial charge in [-0.15, -0.1) is 0 Å². The second kappa shape index (κ2) is 7.57. The minimum Gasteiger partial charge on any atom is -0.309 e. The van der Waals surface area contributed by atoms with Crippen LogP contribution < -0.4 is 5.32 Å². The van der Waals surface area contributed by atoms with Crippen LogP contribution in [0.1, 0.15) is 48.9 Å². The molecule has 2 aromatic rings. The summed E-state index contributed by atoms with van der Waals surface area (Å²) in [6.45, 7) is 4.50. The fourth-order valence-corrected chi connectivity index (χ4v) is 3.34. The van der Waals surface area contributed by atoms with Gasteiger partial charge in [-0.2, -0.15) is 0 Å². The molecule has 21 heavy (non-hydrogen) atoms. The van der Waals surface area contributed by atoms with Gasteiger partial charge in [0.2, 0.25) is 0 Å². The molecule has 1 N–H and O–H groups in total. The van der Waals surface area contributed by atoms with Crippen LogP contribution >= 0.6 is 31.9 Å². The standard InChI is InChI=1S/C18H21Br2N/c1-4-12(2)13-5-7-14(8-6-13)18(21-3)16-11-15(19)9-10-17(16)20/h5-12,18,21H,4H2,1-3H3. The van der Waals surface area contributed by atoms with Gasteiger partial charge in [-0.3, -0.25) is 0 Å². The summed E-state index contributed by atoms with van der Waals surface area (Å²) < 4.78 is 2.22. The summed E-state index contributed by atoms with van der Waals surface area (Å²) in [5, 5.41) is 3.41. The molecule has 0 bridgehead atoms. The summed E-state index contributed by atoms with van der Waals surface area (Å²) >= 11 is 7.21. The van der Waals surface area contributed by atoms with E-state index >= 15 is 0 Å². The molecule has 0 aliphatic carbocycles. The van der Waals surface area contributed by atoms with Crippen molar-refractivity contribution in [1.82, 2.24) is 5.32 Å². The summed E-state index contributed by atoms with van der Waals surface area (Å²) in [7, 11) is 2.00. The molecule has 0 aromatic heterocycles. The van der Waals surface area contributed by atoms with Gasteiger partial charge in [-0.25, -0.2) is 0 Å². The molecule has 2 aromatic carbocycles. The number of hydrogen-bond acceptors (Lipinski definition) is 1. The van der Waals surface area contributed by atoms with Crippen LogP contribution in [-0.4, -0.2) is 7.05 Å². The highest BCUT2D eigenvalue weighted by molar-refractivity contribution is 9.11. The first-order valence-corrected chi connectivity index (χ1v) is 8.87. The first kappa shape index (κ1) is 16.7. The van der Waals surface area contributed by atoms with Crippen LogP contribution in [0, 0.1) is 0 Å². The molecule has 2 rings (SSSR count). The Balaban J connectivity index is 2.35. The van der Waals surface area contributed by atoms with Crippen LogP contribution in [0.2, 0.25) is 0 Å². The van der Waals surface area contributed by atoms with Crippen molar-refractivity contribution in [1.29, 1.82) is 0 Å². The molecule has 0 fully saturated rings. The first-order chi connectivity index (χ1) is 10.1. The summed E-state index contributed by atoms with van der Waals surface area (Å²) in [4.78, 5) is 0. The van der Waals surface area contributed by atoms with Gasteiger partial charge in [0.05, 0.1) is 6.04 Å². The fourth-order valence-electron chi connectivity index (χ4n) is 2.49. The van der Waals surface area contributed by atoms with E-state index in [1.165, 1.54) is 23.1 Å². The van der Waals surface area contributed by atoms with Crippen molar-refractivity contribution in [2.24, 2.45) is 0 Å². The van der Waals surface area contributed by atoms with E-state index in [0.29, 0.717) is 5.92 Å². The molecule has 0 spiro atoms. The predicted molar refractivity (Wildman–Crippen MR) is 97.9 cm³/mol. The van der Waals surface area contributed by atoms with Gasteiger partial charge in [0.25, 0.3) is 0 Å². The van der Waals surface area contributed by atoms with Crippen molar-refractivity contribution in [3.8, 4) is 0 Å². The molecule has 1 nitrogen and oxygen atoms in total. The highest BCUT2D eigenvalue weighted by atomic mass is 79.9. The fraction of sp³-hybridized carbons (Fsp3) is 0.333. The van der Waals surface area contributed by atoms with Gasteiger partial charge >= 0.3 is 0 Å². The van der Waals surface area contributed by atoms with Crippen LogP contribution in [-0.2, 0) is 0 Å². The molecule has 0 saturated carbocycles. The molecule has 0 aliphatic rings. The Kier molecular flexibility index (Phi) is 6.03. The summed E-state index contributed by atoms with van der Waals surface area (Å²) in [5.41, 5.74) is 3.93. The highest BCUT2D eigenvalue weighted by Crippen LogP contribution is 2.31. The van der Waals surface area contributed by atoms with E-state index in [9.17, 15) is 0 Å². The number of benzene rings is 2. The SMILES string of the molecule is CCC(C)c1ccc(C(NC)c2cc(Br)ccc2Br)cc1. The minimum absolute atomic E-state index is 0.183. The van der Waals surface area contributed by atoms with E-state index < -0.39 is 0 Å². The largest absolute Gasteiger partial charge is 0.309 e. The molecular formula is C18H21Br2N. The second-order valence-electron chi connectivity index (χ2n) is 5.36. The third kappa shape index (κ3) is 3.97. The zero-order valence-electron chi connectivity index (χ0n) is 12.7. The maximum absolute atomic E-state index is 3.66. The molecular weight excluding hydrogens is 390 g/mol. The summed E-state index contributed by atoms with van der Waals surface area (Å²) in [6, 6.07) is 15.4. The van der Waals surface area contributed by atoms with Crippen molar-refractivity contribution >= 4 is 31.9 Å². The van der Waals surface area contributed by atoms with E-state index in [0.717, 1.165) is 8.95 Å². The third-order valence-electron chi connectivity index (χ3n) is 4.01. The zero-order chi connectivity index (χ0) is 15.4. The molecule has 0 saturated heterocycles. The van der Waals surface area contributed by atoms with Gasteiger partial charge in [-0.1, -0.05) is 70.0 Å². The van der Waals surface area contributed by atoms with Crippen molar-refractivity contribution in [2.75, 3.05) is 7.05 Å². The smallest absolute Gasteiger partial charge is 0.0585 e. The lowest BCUT2D eigenvalue weighted by molar-refractivity contribution is 0.685. The third-order valence-corrected chi connectivity index (χ3v) is 5.22. The average Bonchev–Trinajstić information content (AvgIpc) is 2.51. The quantitative estimate of drug-likeness (QED) is 0.633. The molecule has 112 valence electrons. The van der Waals surface area contributed by atoms with Crippen LogP contribution in [0.5, 0.6) is 0 Å². The van der Waals surface area contributed by atoms with E-state index in [4.69, 9.17) is 0 Å². The van der Waals surface area contributed by atoms with Crippen LogP contribution in [0.4, 0.5) is 0 Å². The number of hydrogen-bond donors (Lipinski definition) is 1. The van der Waals surface area contributed by atoms with E-state index in [-0.39, 0.29) is 6.04 Å². The van der Waals surface area contributed by atoms with Crippen molar-refractivity contribution in [3.63, 3.8) is 0 Å². The Morgan fingerprint density at radius 3 is 2.19 bits per heavy atom. The van der Waals surface area contributed by atoms with E-state index in [2.05, 4.69) is 87.4 Å². The van der Waals surface area contributed by atoms with Crippen LogP contribution in [0.3, 0.4) is 0 Å². The Labute approximate surface area is 144 Å².